The number of ether oxygens (including phenoxy) is 1. The van der Waals surface area contributed by atoms with Crippen molar-refractivity contribution in [2.24, 2.45) is 0 Å². The maximum atomic E-state index is 6.10. The van der Waals surface area contributed by atoms with Crippen molar-refractivity contribution in [1.29, 1.82) is 0 Å². The van der Waals surface area contributed by atoms with Crippen molar-refractivity contribution in [2.75, 3.05) is 13.2 Å². The highest BCUT2D eigenvalue weighted by Crippen LogP contribution is 2.39. The molecule has 4 rings (SSSR count). The molecule has 1 saturated heterocycles. The van der Waals surface area contributed by atoms with Gasteiger partial charge < -0.3 is 10.1 Å². The first-order chi connectivity index (χ1) is 10.4. The minimum Gasteiger partial charge on any atom is -0.488 e. The van der Waals surface area contributed by atoms with Crippen LogP contribution in [0.5, 0.6) is 5.75 Å². The topological polar surface area (TPSA) is 21.3 Å². The Balaban J connectivity index is 1.91. The first-order valence-corrected chi connectivity index (χ1v) is 7.71. The van der Waals surface area contributed by atoms with Crippen LogP contribution in [0, 0.1) is 0 Å². The van der Waals surface area contributed by atoms with Gasteiger partial charge in [0.2, 0.25) is 0 Å². The first-order valence-electron chi connectivity index (χ1n) is 7.71. The summed E-state index contributed by atoms with van der Waals surface area (Å²) in [5.74, 6) is 0.983. The Labute approximate surface area is 125 Å². The Kier molecular flexibility index (Phi) is 3.15. The summed E-state index contributed by atoms with van der Waals surface area (Å²) < 4.78 is 6.10. The Morgan fingerprint density at radius 1 is 0.810 bits per heavy atom. The summed E-state index contributed by atoms with van der Waals surface area (Å²) >= 11 is 0. The SMILES string of the molecule is c1ccc2c(c1)OCC(=C1CCCCN1)c1ccccc1-2. The highest BCUT2D eigenvalue weighted by Gasteiger charge is 2.21. The van der Waals surface area contributed by atoms with E-state index in [1.807, 2.05) is 6.07 Å². The van der Waals surface area contributed by atoms with Crippen LogP contribution < -0.4 is 10.1 Å². The predicted molar refractivity (Wildman–Crippen MR) is 86.1 cm³/mol. The van der Waals surface area contributed by atoms with E-state index < -0.39 is 0 Å². The molecule has 0 atom stereocenters. The fourth-order valence-electron chi connectivity index (χ4n) is 3.29. The second kappa shape index (κ2) is 5.28. The molecule has 0 unspecified atom stereocenters. The van der Waals surface area contributed by atoms with E-state index in [-0.39, 0.29) is 0 Å². The van der Waals surface area contributed by atoms with Gasteiger partial charge in [-0.15, -0.1) is 0 Å². The molecular formula is C19H19NO. The number of nitrogens with one attached hydrogen (secondary N) is 1. The van der Waals surface area contributed by atoms with Crippen molar-refractivity contribution in [1.82, 2.24) is 5.32 Å². The van der Waals surface area contributed by atoms with Gasteiger partial charge in [0.1, 0.15) is 12.4 Å². The Morgan fingerprint density at radius 2 is 1.57 bits per heavy atom. The molecule has 106 valence electrons. The van der Waals surface area contributed by atoms with Gasteiger partial charge in [0.15, 0.2) is 0 Å². The lowest BCUT2D eigenvalue weighted by molar-refractivity contribution is 0.370. The lowest BCUT2D eigenvalue weighted by Crippen LogP contribution is -2.22. The number of allylic oxidation sites excluding steroid dienone is 1. The molecule has 2 aromatic carbocycles. The summed E-state index contributed by atoms with van der Waals surface area (Å²) in [6.07, 6.45) is 3.66. The van der Waals surface area contributed by atoms with E-state index in [2.05, 4.69) is 47.8 Å². The summed E-state index contributed by atoms with van der Waals surface area (Å²) in [5, 5.41) is 3.58. The van der Waals surface area contributed by atoms with Gasteiger partial charge in [-0.1, -0.05) is 42.5 Å². The van der Waals surface area contributed by atoms with Crippen LogP contribution in [-0.2, 0) is 0 Å². The van der Waals surface area contributed by atoms with Gasteiger partial charge in [0, 0.05) is 23.4 Å². The molecule has 0 aromatic heterocycles. The van der Waals surface area contributed by atoms with Gasteiger partial charge >= 0.3 is 0 Å². The summed E-state index contributed by atoms with van der Waals surface area (Å²) in [7, 11) is 0. The molecule has 2 nitrogen and oxygen atoms in total. The van der Waals surface area contributed by atoms with Crippen LogP contribution in [0.25, 0.3) is 16.7 Å². The minimum absolute atomic E-state index is 0.649. The summed E-state index contributed by atoms with van der Waals surface area (Å²) in [6.45, 7) is 1.73. The zero-order valence-electron chi connectivity index (χ0n) is 12.1. The maximum Gasteiger partial charge on any atom is 0.127 e. The molecule has 0 spiro atoms. The zero-order chi connectivity index (χ0) is 14.1. The molecule has 0 radical (unpaired) electrons. The van der Waals surface area contributed by atoms with Crippen molar-refractivity contribution in [3.05, 3.63) is 59.8 Å². The zero-order valence-corrected chi connectivity index (χ0v) is 12.1. The number of fused-ring (bicyclic) bond motifs is 3. The Hall–Kier alpha value is -2.22. The van der Waals surface area contributed by atoms with Gasteiger partial charge in [-0.25, -0.2) is 0 Å². The molecule has 2 aromatic rings. The summed E-state index contributed by atoms with van der Waals surface area (Å²) in [4.78, 5) is 0. The maximum absolute atomic E-state index is 6.10. The van der Waals surface area contributed by atoms with Crippen molar-refractivity contribution >= 4 is 5.57 Å². The molecule has 2 heterocycles. The van der Waals surface area contributed by atoms with Gasteiger partial charge in [-0.05, 0) is 36.5 Å². The fraction of sp³-hybridized carbons (Fsp3) is 0.263. The largest absolute Gasteiger partial charge is 0.488 e. The van der Waals surface area contributed by atoms with Gasteiger partial charge in [-0.2, -0.15) is 0 Å². The highest BCUT2D eigenvalue weighted by atomic mass is 16.5. The molecule has 0 aliphatic carbocycles. The van der Waals surface area contributed by atoms with Gasteiger partial charge in [-0.3, -0.25) is 0 Å². The third kappa shape index (κ3) is 2.21. The monoisotopic (exact) mass is 277 g/mol. The molecule has 0 bridgehead atoms. The minimum atomic E-state index is 0.649. The standard InChI is InChI=1S/C19H19NO/c1-2-8-15-14(7-1)16-9-3-4-11-19(16)21-13-17(15)18-10-5-6-12-20-18/h1-4,7-9,11,20H,5-6,10,12-13H2. The van der Waals surface area contributed by atoms with Crippen molar-refractivity contribution in [3.63, 3.8) is 0 Å². The summed E-state index contributed by atoms with van der Waals surface area (Å²) in [5.41, 5.74) is 6.47. The quantitative estimate of drug-likeness (QED) is 0.778. The molecule has 1 N–H and O–H groups in total. The smallest absolute Gasteiger partial charge is 0.127 e. The van der Waals surface area contributed by atoms with E-state index in [9.17, 15) is 0 Å². The molecule has 2 heteroatoms. The number of para-hydroxylation sites is 1. The number of hydrogen-bond donors (Lipinski definition) is 1. The molecule has 1 fully saturated rings. The highest BCUT2D eigenvalue weighted by molar-refractivity contribution is 5.86. The molecule has 0 saturated carbocycles. The summed E-state index contributed by atoms with van der Waals surface area (Å²) in [6, 6.07) is 17.0. The number of benzene rings is 2. The van der Waals surface area contributed by atoms with E-state index in [1.165, 1.54) is 40.8 Å². The second-order valence-corrected chi connectivity index (χ2v) is 5.67. The van der Waals surface area contributed by atoms with Crippen molar-refractivity contribution in [3.8, 4) is 16.9 Å². The van der Waals surface area contributed by atoms with Crippen LogP contribution in [0.3, 0.4) is 0 Å². The second-order valence-electron chi connectivity index (χ2n) is 5.67. The normalized spacial score (nSPS) is 20.6. The molecule has 21 heavy (non-hydrogen) atoms. The predicted octanol–water partition coefficient (Wildman–Crippen LogP) is 4.23. The number of hydrogen-bond acceptors (Lipinski definition) is 2. The first kappa shape index (κ1) is 12.5. The van der Waals surface area contributed by atoms with Crippen molar-refractivity contribution < 1.29 is 4.74 Å². The molecule has 2 aliphatic rings. The average molecular weight is 277 g/mol. The molecule has 2 aliphatic heterocycles. The van der Waals surface area contributed by atoms with Crippen molar-refractivity contribution in [2.45, 2.75) is 19.3 Å². The van der Waals surface area contributed by atoms with Crippen LogP contribution in [0.4, 0.5) is 0 Å². The van der Waals surface area contributed by atoms with Crippen LogP contribution >= 0.6 is 0 Å². The van der Waals surface area contributed by atoms with E-state index in [1.54, 1.807) is 0 Å². The lowest BCUT2D eigenvalue weighted by Gasteiger charge is -2.21. The van der Waals surface area contributed by atoms with E-state index in [0.29, 0.717) is 6.61 Å². The van der Waals surface area contributed by atoms with Crippen LogP contribution in [0.15, 0.2) is 54.2 Å². The van der Waals surface area contributed by atoms with E-state index in [0.717, 1.165) is 18.7 Å². The molecular weight excluding hydrogens is 258 g/mol. The average Bonchev–Trinajstić information content (AvgIpc) is 2.73. The third-order valence-corrected chi connectivity index (χ3v) is 4.36. The fourth-order valence-corrected chi connectivity index (χ4v) is 3.29. The Bertz CT molecular complexity index is 694. The number of piperidine rings is 1. The van der Waals surface area contributed by atoms with Crippen LogP contribution in [0.2, 0.25) is 0 Å². The van der Waals surface area contributed by atoms with E-state index >= 15 is 0 Å². The van der Waals surface area contributed by atoms with Crippen LogP contribution in [0.1, 0.15) is 24.8 Å². The van der Waals surface area contributed by atoms with E-state index in [4.69, 9.17) is 4.74 Å². The van der Waals surface area contributed by atoms with Crippen LogP contribution in [-0.4, -0.2) is 13.2 Å². The molecule has 0 amide bonds. The number of rotatable bonds is 0. The van der Waals surface area contributed by atoms with Gasteiger partial charge in [0.05, 0.1) is 0 Å². The Morgan fingerprint density at radius 3 is 2.38 bits per heavy atom. The van der Waals surface area contributed by atoms with Gasteiger partial charge in [0.25, 0.3) is 0 Å². The third-order valence-electron chi connectivity index (χ3n) is 4.36. The lowest BCUT2D eigenvalue weighted by atomic mass is 9.92.